The van der Waals surface area contributed by atoms with E-state index in [0.717, 1.165) is 42.9 Å². The Labute approximate surface area is 259 Å². The number of methoxy groups -OCH3 is 1. The molecule has 2 unspecified atom stereocenters. The molecule has 42 heavy (non-hydrogen) atoms. The van der Waals surface area contributed by atoms with Crippen LogP contribution in [0.5, 0.6) is 0 Å². The average molecular weight is 629 g/mol. The minimum absolute atomic E-state index is 0.167. The lowest BCUT2D eigenvalue weighted by molar-refractivity contribution is -0.144. The zero-order valence-electron chi connectivity index (χ0n) is 26.1. The number of thiazole rings is 1. The Morgan fingerprint density at radius 3 is 2.48 bits per heavy atom. The third-order valence-corrected chi connectivity index (χ3v) is 8.53. The molecular formula is C30H52N4O6S2. The Bertz CT molecular complexity index is 969. The fourth-order valence-electron chi connectivity index (χ4n) is 4.02. The Morgan fingerprint density at radius 2 is 1.83 bits per heavy atom. The maximum absolute atomic E-state index is 12.7. The molecule has 1 amide bonds. The van der Waals surface area contributed by atoms with Crippen molar-refractivity contribution in [2.45, 2.75) is 123 Å². The van der Waals surface area contributed by atoms with Crippen molar-refractivity contribution in [1.29, 1.82) is 0 Å². The van der Waals surface area contributed by atoms with Crippen LogP contribution in [0.3, 0.4) is 0 Å². The van der Waals surface area contributed by atoms with E-state index in [4.69, 9.17) is 4.74 Å². The minimum Gasteiger partial charge on any atom is -0.480 e. The molecule has 1 heterocycles. The van der Waals surface area contributed by atoms with Gasteiger partial charge in [-0.1, -0.05) is 70.4 Å². The lowest BCUT2D eigenvalue weighted by atomic mass is 10.00. The number of amides is 1. The van der Waals surface area contributed by atoms with Crippen molar-refractivity contribution in [3.63, 3.8) is 0 Å². The topological polar surface area (TPSA) is 150 Å². The van der Waals surface area contributed by atoms with E-state index in [-0.39, 0.29) is 12.1 Å². The van der Waals surface area contributed by atoms with Crippen LogP contribution >= 0.6 is 23.1 Å². The van der Waals surface area contributed by atoms with Gasteiger partial charge in [-0.3, -0.25) is 20.2 Å². The predicted molar refractivity (Wildman–Crippen MR) is 170 cm³/mol. The fraction of sp³-hybridized carbons (Fsp3) is 0.733. The molecule has 0 bridgehead atoms. The standard InChI is InChI=1S/C30H52N4O6S2/c1-7-8-9-10-14-17-25(35)41-18-15-12-11-13-16-23(40-6)31-19-24-32-22(20-42-24)27(36)34-30(4,5)29(39)33-26(21(2)3)28(37)38/h11-12,20-21,23,26-27,31,34,36H,7-10,13-19H2,1-6H3,(H,33,39)(H,37,38)/b12-11+/t23?,26-,27?/m0/s1. The summed E-state index contributed by atoms with van der Waals surface area (Å²) in [6, 6.07) is -1.03. The Kier molecular flexibility index (Phi) is 19.1. The molecule has 0 radical (unpaired) electrons. The van der Waals surface area contributed by atoms with Crippen LogP contribution in [-0.2, 0) is 25.7 Å². The number of thioether (sulfide) groups is 1. The molecule has 0 saturated heterocycles. The molecule has 1 aromatic rings. The molecule has 1 aromatic heterocycles. The van der Waals surface area contributed by atoms with Gasteiger partial charge in [0, 0.05) is 31.2 Å². The molecular weight excluding hydrogens is 576 g/mol. The van der Waals surface area contributed by atoms with Gasteiger partial charge in [0.25, 0.3) is 0 Å². The second kappa shape index (κ2) is 21.0. The minimum atomic E-state index is -1.24. The summed E-state index contributed by atoms with van der Waals surface area (Å²) in [5.74, 6) is -1.12. The largest absolute Gasteiger partial charge is 0.480 e. The second-order valence-corrected chi connectivity index (χ2v) is 13.3. The number of carbonyl (C=O) groups excluding carboxylic acids is 2. The summed E-state index contributed by atoms with van der Waals surface area (Å²) >= 11 is 2.81. The molecule has 0 saturated carbocycles. The molecule has 10 nitrogen and oxygen atoms in total. The number of carbonyl (C=O) groups is 3. The number of carboxylic acids is 1. The summed E-state index contributed by atoms with van der Waals surface area (Å²) in [4.78, 5) is 40.6. The number of ether oxygens (including phenoxy) is 1. The molecule has 1 rings (SSSR count). The fourth-order valence-corrected chi connectivity index (χ4v) is 5.56. The van der Waals surface area contributed by atoms with Crippen molar-refractivity contribution in [3.05, 3.63) is 28.2 Å². The van der Waals surface area contributed by atoms with Crippen molar-refractivity contribution in [3.8, 4) is 0 Å². The number of hydrogen-bond donors (Lipinski definition) is 5. The Balaban J connectivity index is 2.39. The first-order valence-electron chi connectivity index (χ1n) is 14.9. The van der Waals surface area contributed by atoms with Crippen LogP contribution in [0.25, 0.3) is 0 Å². The number of nitrogens with one attached hydrogen (secondary N) is 3. The SMILES string of the molecule is CCCCCCCC(=O)SCC/C=C/CCC(NCc1nc(C(O)NC(C)(C)C(=O)N[C@H](C(=O)O)C(C)C)cs1)OC. The summed E-state index contributed by atoms with van der Waals surface area (Å²) in [5.41, 5.74) is -0.859. The number of allylic oxidation sites excluding steroid dienone is 2. The van der Waals surface area contributed by atoms with Gasteiger partial charge >= 0.3 is 5.97 Å². The number of aliphatic hydroxyl groups is 1. The highest BCUT2D eigenvalue weighted by molar-refractivity contribution is 8.13. The van der Waals surface area contributed by atoms with E-state index in [9.17, 15) is 24.6 Å². The number of rotatable bonds is 23. The number of hydrogen-bond acceptors (Lipinski definition) is 10. The van der Waals surface area contributed by atoms with Crippen LogP contribution in [-0.4, -0.2) is 62.9 Å². The van der Waals surface area contributed by atoms with Crippen LogP contribution in [0.2, 0.25) is 0 Å². The van der Waals surface area contributed by atoms with Crippen molar-refractivity contribution in [2.75, 3.05) is 12.9 Å². The van der Waals surface area contributed by atoms with Crippen LogP contribution in [0.1, 0.15) is 109 Å². The lowest BCUT2D eigenvalue weighted by Crippen LogP contribution is -2.58. The van der Waals surface area contributed by atoms with Crippen molar-refractivity contribution in [1.82, 2.24) is 20.9 Å². The van der Waals surface area contributed by atoms with Gasteiger partial charge in [-0.15, -0.1) is 11.3 Å². The molecule has 240 valence electrons. The monoisotopic (exact) mass is 628 g/mol. The zero-order chi connectivity index (χ0) is 31.5. The molecule has 0 aliphatic heterocycles. The van der Waals surface area contributed by atoms with Crippen LogP contribution in [0, 0.1) is 5.92 Å². The van der Waals surface area contributed by atoms with Crippen molar-refractivity contribution < 1.29 is 29.3 Å². The van der Waals surface area contributed by atoms with E-state index >= 15 is 0 Å². The Hall–Kier alpha value is -1.83. The van der Waals surface area contributed by atoms with Gasteiger partial charge in [0.1, 0.15) is 23.5 Å². The first kappa shape index (κ1) is 38.2. The maximum Gasteiger partial charge on any atom is 0.326 e. The van der Waals surface area contributed by atoms with E-state index in [1.54, 1.807) is 40.2 Å². The number of aliphatic hydroxyl groups excluding tert-OH is 1. The number of carboxylic acid groups (broad SMARTS) is 1. The van der Waals surface area contributed by atoms with Gasteiger partial charge in [0.15, 0.2) is 5.12 Å². The Morgan fingerprint density at radius 1 is 1.14 bits per heavy atom. The van der Waals surface area contributed by atoms with Crippen molar-refractivity contribution >= 4 is 40.1 Å². The van der Waals surface area contributed by atoms with Gasteiger partial charge in [-0.2, -0.15) is 0 Å². The van der Waals surface area contributed by atoms with Crippen LogP contribution < -0.4 is 16.0 Å². The summed E-state index contributed by atoms with van der Waals surface area (Å²) in [6.07, 6.45) is 11.8. The van der Waals surface area contributed by atoms with Crippen LogP contribution in [0.4, 0.5) is 0 Å². The normalized spacial score (nSPS) is 14.3. The third kappa shape index (κ3) is 15.6. The van der Waals surface area contributed by atoms with E-state index in [1.165, 1.54) is 42.4 Å². The number of unbranched alkanes of at least 4 members (excludes halogenated alkanes) is 4. The molecule has 0 aliphatic rings. The highest BCUT2D eigenvalue weighted by atomic mass is 32.2. The molecule has 0 spiro atoms. The van der Waals surface area contributed by atoms with E-state index < -0.39 is 29.7 Å². The summed E-state index contributed by atoms with van der Waals surface area (Å²) in [5, 5.41) is 31.5. The van der Waals surface area contributed by atoms with Crippen LogP contribution in [0.15, 0.2) is 17.5 Å². The van der Waals surface area contributed by atoms with Gasteiger partial charge in [0.2, 0.25) is 5.91 Å². The number of nitrogens with zero attached hydrogens (tertiary/aromatic N) is 1. The lowest BCUT2D eigenvalue weighted by Gasteiger charge is -2.30. The molecule has 3 atom stereocenters. The molecule has 12 heteroatoms. The predicted octanol–water partition coefficient (Wildman–Crippen LogP) is 5.14. The first-order chi connectivity index (χ1) is 19.9. The third-order valence-electron chi connectivity index (χ3n) is 6.69. The highest BCUT2D eigenvalue weighted by Crippen LogP contribution is 2.19. The molecule has 0 aromatic carbocycles. The summed E-state index contributed by atoms with van der Waals surface area (Å²) < 4.78 is 5.54. The zero-order valence-corrected chi connectivity index (χ0v) is 27.7. The first-order valence-corrected chi connectivity index (χ1v) is 16.8. The van der Waals surface area contributed by atoms with E-state index in [2.05, 4.69) is 40.0 Å². The maximum atomic E-state index is 12.7. The van der Waals surface area contributed by atoms with E-state index in [1.807, 2.05) is 0 Å². The molecule has 0 fully saturated rings. The van der Waals surface area contributed by atoms with Gasteiger partial charge in [-0.25, -0.2) is 9.78 Å². The number of aliphatic carboxylic acids is 1. The quantitative estimate of drug-likeness (QED) is 0.0627. The smallest absolute Gasteiger partial charge is 0.326 e. The number of aromatic nitrogens is 1. The van der Waals surface area contributed by atoms with Crippen molar-refractivity contribution in [2.24, 2.45) is 5.92 Å². The second-order valence-electron chi connectivity index (χ2n) is 11.2. The van der Waals surface area contributed by atoms with Gasteiger partial charge < -0.3 is 20.3 Å². The average Bonchev–Trinajstić information content (AvgIpc) is 3.41. The molecule has 5 N–H and O–H groups in total. The summed E-state index contributed by atoms with van der Waals surface area (Å²) in [6.45, 7) is 9.22. The van der Waals surface area contributed by atoms with Gasteiger partial charge in [0.05, 0.1) is 11.2 Å². The molecule has 0 aliphatic carbocycles. The highest BCUT2D eigenvalue weighted by Gasteiger charge is 2.34. The van der Waals surface area contributed by atoms with Gasteiger partial charge in [-0.05, 0) is 45.4 Å². The summed E-state index contributed by atoms with van der Waals surface area (Å²) in [7, 11) is 1.65. The van der Waals surface area contributed by atoms with E-state index in [0.29, 0.717) is 23.8 Å².